The molecule has 0 bridgehead atoms. The van der Waals surface area contributed by atoms with Crippen molar-refractivity contribution in [2.24, 2.45) is 0 Å². The molecule has 0 aliphatic rings. The Morgan fingerprint density at radius 1 is 1.61 bits per heavy atom. The van der Waals surface area contributed by atoms with E-state index in [0.717, 1.165) is 18.2 Å². The number of amides is 1. The summed E-state index contributed by atoms with van der Waals surface area (Å²) in [4.78, 5) is 21.8. The standard InChI is InChI=1S/C11H12BrFN2O3/c1-2-8(6-12)14-11(16)9-4-3-7(13)5-10(9)15(17)18/h3-5,8H,2,6H2,1H3,(H,14,16). The first kappa shape index (κ1) is 14.6. The number of nitrogens with zero attached hydrogens (tertiary/aromatic N) is 1. The van der Waals surface area contributed by atoms with Gasteiger partial charge in [0.25, 0.3) is 11.6 Å². The highest BCUT2D eigenvalue weighted by Crippen LogP contribution is 2.19. The number of nitrogens with one attached hydrogen (secondary N) is 1. The van der Waals surface area contributed by atoms with E-state index in [2.05, 4.69) is 21.2 Å². The summed E-state index contributed by atoms with van der Waals surface area (Å²) in [5.41, 5.74) is -0.669. The molecule has 0 saturated carbocycles. The SMILES string of the molecule is CCC(CBr)NC(=O)c1ccc(F)cc1[N+](=O)[O-]. The summed E-state index contributed by atoms with van der Waals surface area (Å²) in [6, 6.07) is 2.76. The Balaban J connectivity index is 3.02. The molecule has 1 rings (SSSR count). The number of rotatable bonds is 5. The van der Waals surface area contributed by atoms with E-state index in [1.165, 1.54) is 0 Å². The molecule has 7 heteroatoms. The van der Waals surface area contributed by atoms with Crippen LogP contribution in [0.1, 0.15) is 23.7 Å². The van der Waals surface area contributed by atoms with E-state index < -0.39 is 22.3 Å². The minimum atomic E-state index is -0.771. The lowest BCUT2D eigenvalue weighted by atomic mass is 10.1. The van der Waals surface area contributed by atoms with Crippen LogP contribution >= 0.6 is 15.9 Å². The molecule has 0 aliphatic carbocycles. The molecule has 0 aliphatic heterocycles. The fraction of sp³-hybridized carbons (Fsp3) is 0.364. The lowest BCUT2D eigenvalue weighted by Crippen LogP contribution is -2.35. The number of nitro benzene ring substituents is 1. The van der Waals surface area contributed by atoms with Gasteiger partial charge in [0, 0.05) is 11.4 Å². The van der Waals surface area contributed by atoms with Gasteiger partial charge in [0.15, 0.2) is 0 Å². The molecule has 0 heterocycles. The topological polar surface area (TPSA) is 72.2 Å². The molecule has 5 nitrogen and oxygen atoms in total. The van der Waals surface area contributed by atoms with Gasteiger partial charge in [-0.25, -0.2) is 4.39 Å². The normalized spacial score (nSPS) is 11.9. The van der Waals surface area contributed by atoms with E-state index >= 15 is 0 Å². The summed E-state index contributed by atoms with van der Waals surface area (Å²) in [5, 5.41) is 13.9. The minimum Gasteiger partial charge on any atom is -0.348 e. The molecule has 1 aromatic carbocycles. The number of nitro groups is 1. The Labute approximate surface area is 112 Å². The van der Waals surface area contributed by atoms with Crippen LogP contribution in [0.3, 0.4) is 0 Å². The predicted octanol–water partition coefficient (Wildman–Crippen LogP) is 2.64. The van der Waals surface area contributed by atoms with Crippen LogP contribution in [0.2, 0.25) is 0 Å². The van der Waals surface area contributed by atoms with Gasteiger partial charge in [0.1, 0.15) is 11.4 Å². The van der Waals surface area contributed by atoms with Crippen molar-refractivity contribution in [2.75, 3.05) is 5.33 Å². The molecular weight excluding hydrogens is 307 g/mol. The molecule has 1 amide bonds. The van der Waals surface area contributed by atoms with Crippen LogP contribution in [0.15, 0.2) is 18.2 Å². The Hall–Kier alpha value is -1.50. The maximum absolute atomic E-state index is 12.9. The average Bonchev–Trinajstić information content (AvgIpc) is 2.35. The highest BCUT2D eigenvalue weighted by atomic mass is 79.9. The summed E-state index contributed by atoms with van der Waals surface area (Å²) in [6.07, 6.45) is 0.686. The van der Waals surface area contributed by atoms with Crippen LogP contribution in [0.25, 0.3) is 0 Å². The van der Waals surface area contributed by atoms with E-state index in [4.69, 9.17) is 0 Å². The number of hydrogen-bond acceptors (Lipinski definition) is 3. The van der Waals surface area contributed by atoms with Crippen LogP contribution in [0, 0.1) is 15.9 Å². The van der Waals surface area contributed by atoms with Gasteiger partial charge >= 0.3 is 0 Å². The van der Waals surface area contributed by atoms with Crippen molar-refractivity contribution in [1.29, 1.82) is 0 Å². The second-order valence-electron chi connectivity index (χ2n) is 3.65. The largest absolute Gasteiger partial charge is 0.348 e. The molecule has 1 N–H and O–H groups in total. The lowest BCUT2D eigenvalue weighted by molar-refractivity contribution is -0.385. The van der Waals surface area contributed by atoms with E-state index in [1.54, 1.807) is 0 Å². The third-order valence-corrected chi connectivity index (χ3v) is 3.20. The van der Waals surface area contributed by atoms with Gasteiger partial charge in [-0.05, 0) is 18.6 Å². The third kappa shape index (κ3) is 3.49. The summed E-state index contributed by atoms with van der Waals surface area (Å²) in [6.45, 7) is 1.88. The summed E-state index contributed by atoms with van der Waals surface area (Å²) < 4.78 is 12.9. The second-order valence-corrected chi connectivity index (χ2v) is 4.30. The smallest absolute Gasteiger partial charge is 0.285 e. The first-order valence-corrected chi connectivity index (χ1v) is 6.42. The molecule has 0 fully saturated rings. The molecule has 0 radical (unpaired) electrons. The van der Waals surface area contributed by atoms with Gasteiger partial charge in [-0.1, -0.05) is 22.9 Å². The van der Waals surface area contributed by atoms with Crippen LogP contribution in [0.4, 0.5) is 10.1 Å². The molecule has 0 aromatic heterocycles. The van der Waals surface area contributed by atoms with E-state index in [-0.39, 0.29) is 11.6 Å². The average molecular weight is 319 g/mol. The molecule has 1 unspecified atom stereocenters. The number of carbonyl (C=O) groups excluding carboxylic acids is 1. The fourth-order valence-corrected chi connectivity index (χ4v) is 1.98. The van der Waals surface area contributed by atoms with Crippen molar-refractivity contribution in [3.05, 3.63) is 39.7 Å². The number of benzene rings is 1. The van der Waals surface area contributed by atoms with Crippen molar-refractivity contribution in [2.45, 2.75) is 19.4 Å². The van der Waals surface area contributed by atoms with Gasteiger partial charge in [-0.3, -0.25) is 14.9 Å². The van der Waals surface area contributed by atoms with Crippen molar-refractivity contribution in [1.82, 2.24) is 5.32 Å². The van der Waals surface area contributed by atoms with Crippen LogP contribution < -0.4 is 5.32 Å². The van der Waals surface area contributed by atoms with Crippen LogP contribution in [0.5, 0.6) is 0 Å². The minimum absolute atomic E-state index is 0.123. The van der Waals surface area contributed by atoms with Crippen LogP contribution in [-0.4, -0.2) is 22.2 Å². The molecule has 0 spiro atoms. The van der Waals surface area contributed by atoms with Crippen LogP contribution in [-0.2, 0) is 0 Å². The zero-order valence-electron chi connectivity index (χ0n) is 9.65. The zero-order chi connectivity index (χ0) is 13.7. The third-order valence-electron chi connectivity index (χ3n) is 2.42. The Morgan fingerprint density at radius 2 is 2.28 bits per heavy atom. The van der Waals surface area contributed by atoms with Gasteiger partial charge in [-0.15, -0.1) is 0 Å². The Morgan fingerprint density at radius 3 is 2.78 bits per heavy atom. The fourth-order valence-electron chi connectivity index (χ4n) is 1.36. The van der Waals surface area contributed by atoms with Gasteiger partial charge in [0.2, 0.25) is 0 Å². The monoisotopic (exact) mass is 318 g/mol. The van der Waals surface area contributed by atoms with Gasteiger partial charge in [-0.2, -0.15) is 0 Å². The highest BCUT2D eigenvalue weighted by Gasteiger charge is 2.22. The first-order chi connectivity index (χ1) is 8.49. The van der Waals surface area contributed by atoms with E-state index in [1.807, 2.05) is 6.92 Å². The van der Waals surface area contributed by atoms with E-state index in [9.17, 15) is 19.3 Å². The second kappa shape index (κ2) is 6.44. The number of halogens is 2. The number of carbonyl (C=O) groups is 1. The Kier molecular flexibility index (Phi) is 5.21. The number of hydrogen-bond donors (Lipinski definition) is 1. The molecule has 1 aromatic rings. The predicted molar refractivity (Wildman–Crippen MR) is 68.4 cm³/mol. The van der Waals surface area contributed by atoms with Gasteiger partial charge in [0.05, 0.1) is 11.0 Å². The maximum Gasteiger partial charge on any atom is 0.285 e. The highest BCUT2D eigenvalue weighted by molar-refractivity contribution is 9.09. The molecule has 1 atom stereocenters. The molecule has 98 valence electrons. The molecule has 0 saturated heterocycles. The maximum atomic E-state index is 12.9. The van der Waals surface area contributed by atoms with Crippen molar-refractivity contribution >= 4 is 27.5 Å². The zero-order valence-corrected chi connectivity index (χ0v) is 11.2. The number of alkyl halides is 1. The van der Waals surface area contributed by atoms with Gasteiger partial charge < -0.3 is 5.32 Å². The van der Waals surface area contributed by atoms with Crippen molar-refractivity contribution < 1.29 is 14.1 Å². The Bertz CT molecular complexity index is 464. The van der Waals surface area contributed by atoms with E-state index in [0.29, 0.717) is 11.8 Å². The summed E-state index contributed by atoms with van der Waals surface area (Å²) >= 11 is 3.23. The first-order valence-electron chi connectivity index (χ1n) is 5.30. The molecular formula is C11H12BrFN2O3. The van der Waals surface area contributed by atoms with Crippen molar-refractivity contribution in [3.63, 3.8) is 0 Å². The molecule has 18 heavy (non-hydrogen) atoms. The van der Waals surface area contributed by atoms with Crippen molar-refractivity contribution in [3.8, 4) is 0 Å². The summed E-state index contributed by atoms with van der Waals surface area (Å²) in [7, 11) is 0. The lowest BCUT2D eigenvalue weighted by Gasteiger charge is -2.13. The summed E-state index contributed by atoms with van der Waals surface area (Å²) in [5.74, 6) is -1.32. The quantitative estimate of drug-likeness (QED) is 0.515.